The topological polar surface area (TPSA) is 66.9 Å². The number of anilines is 2. The summed E-state index contributed by atoms with van der Waals surface area (Å²) >= 11 is 15.4. The van der Waals surface area contributed by atoms with Crippen LogP contribution >= 0.6 is 46.3 Å². The van der Waals surface area contributed by atoms with Crippen LogP contribution in [0.2, 0.25) is 10.0 Å². The van der Waals surface area contributed by atoms with Crippen LogP contribution in [0.3, 0.4) is 0 Å². The number of carbonyl (C=O) groups is 1. The molecule has 0 aliphatic heterocycles. The minimum atomic E-state index is -0.101. The van der Waals surface area contributed by atoms with E-state index in [9.17, 15) is 4.79 Å². The second-order valence-corrected chi connectivity index (χ2v) is 8.06. The molecule has 0 radical (unpaired) electrons. The van der Waals surface area contributed by atoms with Crippen molar-refractivity contribution in [2.75, 3.05) is 22.9 Å². The predicted molar refractivity (Wildman–Crippen MR) is 104 cm³/mol. The summed E-state index contributed by atoms with van der Waals surface area (Å²) in [7, 11) is 0. The zero-order valence-electron chi connectivity index (χ0n) is 13.4. The highest BCUT2D eigenvalue weighted by molar-refractivity contribution is 8.01. The van der Waals surface area contributed by atoms with Gasteiger partial charge in [0, 0.05) is 18.7 Å². The smallest absolute Gasteiger partial charge is 0.224 e. The maximum Gasteiger partial charge on any atom is 0.224 e. The molecule has 0 unspecified atom stereocenters. The Hall–Kier alpha value is -1.02. The van der Waals surface area contributed by atoms with Gasteiger partial charge >= 0.3 is 0 Å². The monoisotopic (exact) mass is 404 g/mol. The third-order valence-corrected chi connectivity index (χ3v) is 5.96. The minimum absolute atomic E-state index is 0.101. The van der Waals surface area contributed by atoms with Gasteiger partial charge in [-0.3, -0.25) is 4.79 Å². The summed E-state index contributed by atoms with van der Waals surface area (Å²) in [4.78, 5) is 12.1. The fourth-order valence-electron chi connectivity index (χ4n) is 1.86. The molecular weight excluding hydrogens is 387 g/mol. The molecule has 0 fully saturated rings. The first-order valence-corrected chi connectivity index (χ1v) is 10.0. The summed E-state index contributed by atoms with van der Waals surface area (Å²) in [6.45, 7) is 4.71. The molecule has 0 saturated heterocycles. The lowest BCUT2D eigenvalue weighted by Gasteiger charge is -2.10. The quantitative estimate of drug-likeness (QED) is 0.473. The van der Waals surface area contributed by atoms with Gasteiger partial charge in [0.25, 0.3) is 0 Å². The van der Waals surface area contributed by atoms with Gasteiger partial charge in [0.05, 0.1) is 15.7 Å². The molecule has 5 nitrogen and oxygen atoms in total. The Labute approximate surface area is 159 Å². The average Bonchev–Trinajstić information content (AvgIpc) is 3.00. The van der Waals surface area contributed by atoms with Crippen molar-refractivity contribution in [3.8, 4) is 0 Å². The summed E-state index contributed by atoms with van der Waals surface area (Å²) < 4.78 is 0.899. The molecule has 0 spiro atoms. The number of rotatable bonds is 8. The van der Waals surface area contributed by atoms with Crippen LogP contribution in [-0.4, -0.2) is 28.4 Å². The molecule has 1 aromatic heterocycles. The van der Waals surface area contributed by atoms with Crippen LogP contribution in [0.25, 0.3) is 0 Å². The zero-order valence-corrected chi connectivity index (χ0v) is 16.5. The Balaban J connectivity index is 1.76. The van der Waals surface area contributed by atoms with Crippen LogP contribution < -0.4 is 10.6 Å². The fraction of sp³-hybridized carbons (Fsp3) is 0.400. The molecule has 0 aliphatic carbocycles. The number of nitrogens with zero attached hydrogens (tertiary/aromatic N) is 2. The Morgan fingerprint density at radius 1 is 1.33 bits per heavy atom. The van der Waals surface area contributed by atoms with Gasteiger partial charge in [0.2, 0.25) is 11.0 Å². The van der Waals surface area contributed by atoms with Crippen molar-refractivity contribution in [3.05, 3.63) is 27.7 Å². The molecule has 9 heteroatoms. The lowest BCUT2D eigenvalue weighted by molar-refractivity contribution is -0.116. The number of amides is 1. The number of aryl methyl sites for hydroxylation is 1. The number of benzene rings is 1. The number of nitrogens with one attached hydrogen (secondary N) is 2. The largest absolute Gasteiger partial charge is 0.360 e. The molecule has 2 N–H and O–H groups in total. The molecule has 1 amide bonds. The van der Waals surface area contributed by atoms with Gasteiger partial charge in [-0.1, -0.05) is 52.4 Å². The number of aromatic nitrogens is 2. The molecule has 2 rings (SSSR count). The highest BCUT2D eigenvalue weighted by atomic mass is 35.5. The fourth-order valence-corrected chi connectivity index (χ4v) is 4.15. The van der Waals surface area contributed by atoms with Crippen molar-refractivity contribution in [3.63, 3.8) is 0 Å². The molecule has 1 heterocycles. The van der Waals surface area contributed by atoms with E-state index in [1.165, 1.54) is 11.3 Å². The second-order valence-electron chi connectivity index (χ2n) is 4.96. The predicted octanol–water partition coefficient (Wildman–Crippen LogP) is 5.10. The second kappa shape index (κ2) is 9.46. The van der Waals surface area contributed by atoms with Crippen molar-refractivity contribution in [2.45, 2.75) is 31.0 Å². The zero-order chi connectivity index (χ0) is 17.5. The van der Waals surface area contributed by atoms with Gasteiger partial charge < -0.3 is 10.6 Å². The van der Waals surface area contributed by atoms with E-state index in [1.807, 2.05) is 19.9 Å². The Morgan fingerprint density at radius 3 is 2.88 bits per heavy atom. The normalized spacial score (nSPS) is 10.7. The van der Waals surface area contributed by atoms with E-state index in [0.717, 1.165) is 33.8 Å². The van der Waals surface area contributed by atoms with Crippen LogP contribution in [-0.2, 0) is 4.79 Å². The summed E-state index contributed by atoms with van der Waals surface area (Å²) in [6.07, 6.45) is 1.13. The van der Waals surface area contributed by atoms with E-state index in [0.29, 0.717) is 22.2 Å². The van der Waals surface area contributed by atoms with Crippen molar-refractivity contribution in [2.24, 2.45) is 0 Å². The van der Waals surface area contributed by atoms with Gasteiger partial charge in [0.1, 0.15) is 0 Å². The molecular formula is C15H18Cl2N4OS2. The number of carbonyl (C=O) groups excluding carboxylic acids is 1. The standard InChI is InChI=1S/C15H18Cl2N4OS2/c1-3-18-14-20-21-15(24-14)23-8-4-5-11(22)19-13-10(16)7-6-9(2)12(13)17/h6-7H,3-5,8H2,1-2H3,(H,18,20)(H,19,22). The molecule has 2 aromatic rings. The maximum atomic E-state index is 12.1. The van der Waals surface area contributed by atoms with Crippen LogP contribution in [0, 0.1) is 6.92 Å². The third kappa shape index (κ3) is 5.51. The van der Waals surface area contributed by atoms with Gasteiger partial charge in [-0.25, -0.2) is 0 Å². The lowest BCUT2D eigenvalue weighted by atomic mass is 10.2. The van der Waals surface area contributed by atoms with E-state index < -0.39 is 0 Å². The van der Waals surface area contributed by atoms with Crippen LogP contribution in [0.15, 0.2) is 16.5 Å². The Kier molecular flexibility index (Phi) is 7.61. The first kappa shape index (κ1) is 19.3. The highest BCUT2D eigenvalue weighted by Crippen LogP contribution is 2.33. The van der Waals surface area contributed by atoms with Crippen molar-refractivity contribution in [1.82, 2.24) is 10.2 Å². The first-order valence-electron chi connectivity index (χ1n) is 7.46. The minimum Gasteiger partial charge on any atom is -0.360 e. The summed E-state index contributed by atoms with van der Waals surface area (Å²) in [5.74, 6) is 0.694. The van der Waals surface area contributed by atoms with E-state index in [2.05, 4.69) is 20.8 Å². The van der Waals surface area contributed by atoms with Crippen LogP contribution in [0.5, 0.6) is 0 Å². The lowest BCUT2D eigenvalue weighted by Crippen LogP contribution is -2.12. The average molecular weight is 405 g/mol. The van der Waals surface area contributed by atoms with Crippen LogP contribution in [0.1, 0.15) is 25.3 Å². The van der Waals surface area contributed by atoms with E-state index in [4.69, 9.17) is 23.2 Å². The van der Waals surface area contributed by atoms with E-state index in [1.54, 1.807) is 17.8 Å². The Morgan fingerprint density at radius 2 is 2.12 bits per heavy atom. The van der Waals surface area contributed by atoms with E-state index >= 15 is 0 Å². The number of hydrogen-bond acceptors (Lipinski definition) is 6. The van der Waals surface area contributed by atoms with Gasteiger partial charge in [0.15, 0.2) is 4.34 Å². The van der Waals surface area contributed by atoms with Crippen molar-refractivity contribution in [1.29, 1.82) is 0 Å². The van der Waals surface area contributed by atoms with Gasteiger partial charge in [-0.15, -0.1) is 10.2 Å². The first-order chi connectivity index (χ1) is 11.5. The van der Waals surface area contributed by atoms with E-state index in [-0.39, 0.29) is 5.91 Å². The molecule has 130 valence electrons. The van der Waals surface area contributed by atoms with Crippen LogP contribution in [0.4, 0.5) is 10.8 Å². The summed E-state index contributed by atoms with van der Waals surface area (Å²) in [5.41, 5.74) is 1.36. The third-order valence-electron chi connectivity index (χ3n) is 3.06. The van der Waals surface area contributed by atoms with Gasteiger partial charge in [-0.05, 0) is 31.9 Å². The SMILES string of the molecule is CCNc1nnc(SCCCC(=O)Nc2c(Cl)ccc(C)c2Cl)s1. The molecule has 24 heavy (non-hydrogen) atoms. The number of hydrogen-bond donors (Lipinski definition) is 2. The maximum absolute atomic E-state index is 12.1. The highest BCUT2D eigenvalue weighted by Gasteiger charge is 2.12. The Bertz CT molecular complexity index is 709. The number of thioether (sulfide) groups is 1. The molecule has 0 bridgehead atoms. The van der Waals surface area contributed by atoms with Crippen molar-refractivity contribution >= 4 is 63.0 Å². The molecule has 0 aliphatic rings. The van der Waals surface area contributed by atoms with Gasteiger partial charge in [-0.2, -0.15) is 0 Å². The summed E-state index contributed by atoms with van der Waals surface area (Å²) in [5, 5.41) is 15.8. The summed E-state index contributed by atoms with van der Waals surface area (Å²) in [6, 6.07) is 3.55. The number of halogens is 2. The molecule has 0 saturated carbocycles. The molecule has 0 atom stereocenters. The van der Waals surface area contributed by atoms with Crippen molar-refractivity contribution < 1.29 is 4.79 Å². The molecule has 1 aromatic carbocycles.